The molecule has 0 aromatic rings. The summed E-state index contributed by atoms with van der Waals surface area (Å²) < 4.78 is 23.5. The number of hydrogen-bond acceptors (Lipinski definition) is 5. The molecule has 0 heterocycles. The van der Waals surface area contributed by atoms with Crippen LogP contribution in [0.5, 0.6) is 0 Å². The molecule has 0 amide bonds. The molecular weight excluding hydrogens is 212 g/mol. The van der Waals surface area contributed by atoms with Gasteiger partial charge >= 0.3 is 11.4 Å². The van der Waals surface area contributed by atoms with Gasteiger partial charge in [-0.2, -0.15) is 4.21 Å². The molecule has 1 aliphatic carbocycles. The normalized spacial score (nSPS) is 40.9. The molecule has 84 valence electrons. The summed E-state index contributed by atoms with van der Waals surface area (Å²) in [4.78, 5) is 0. The van der Waals surface area contributed by atoms with Crippen molar-refractivity contribution in [2.24, 2.45) is 5.92 Å². The lowest BCUT2D eigenvalue weighted by Crippen LogP contribution is -2.47. The van der Waals surface area contributed by atoms with E-state index in [1.807, 2.05) is 0 Å². The SMILES string of the molecule is O=S(O)OC1CCC(O)C(O)C1CO. The van der Waals surface area contributed by atoms with Crippen molar-refractivity contribution in [1.82, 2.24) is 0 Å². The van der Waals surface area contributed by atoms with Crippen LogP contribution in [0.3, 0.4) is 0 Å². The molecule has 7 heteroatoms. The summed E-state index contributed by atoms with van der Waals surface area (Å²) in [6.45, 7) is -0.389. The molecule has 1 aliphatic rings. The van der Waals surface area contributed by atoms with Crippen LogP contribution in [0.2, 0.25) is 0 Å². The van der Waals surface area contributed by atoms with Gasteiger partial charge < -0.3 is 15.3 Å². The Morgan fingerprint density at radius 2 is 2.00 bits per heavy atom. The maximum absolute atomic E-state index is 10.4. The average Bonchev–Trinajstić information content (AvgIpc) is 2.11. The second-order valence-electron chi connectivity index (χ2n) is 3.33. The Morgan fingerprint density at radius 1 is 1.36 bits per heavy atom. The third-order valence-electron chi connectivity index (χ3n) is 2.47. The summed E-state index contributed by atoms with van der Waals surface area (Å²) in [5.74, 6) is -0.713. The molecule has 0 aliphatic heterocycles. The van der Waals surface area contributed by atoms with Crippen LogP contribution >= 0.6 is 0 Å². The molecule has 0 saturated heterocycles. The van der Waals surface area contributed by atoms with Crippen molar-refractivity contribution in [3.8, 4) is 0 Å². The Labute approximate surface area is 84.0 Å². The van der Waals surface area contributed by atoms with Crippen LogP contribution < -0.4 is 0 Å². The molecule has 1 rings (SSSR count). The molecule has 4 N–H and O–H groups in total. The zero-order chi connectivity index (χ0) is 10.7. The highest BCUT2D eigenvalue weighted by molar-refractivity contribution is 7.74. The molecule has 0 bridgehead atoms. The standard InChI is InChI=1S/C7H14O6S/c8-3-4-6(13-14(11)12)2-1-5(9)7(4)10/h4-10H,1-3H2,(H,11,12). The van der Waals surface area contributed by atoms with Crippen LogP contribution in [-0.4, -0.2) is 49.0 Å². The summed E-state index contributed by atoms with van der Waals surface area (Å²) in [7, 11) is 0. The minimum absolute atomic E-state index is 0.291. The molecule has 1 fully saturated rings. The highest BCUT2D eigenvalue weighted by Crippen LogP contribution is 2.27. The van der Waals surface area contributed by atoms with E-state index in [0.29, 0.717) is 12.8 Å². The van der Waals surface area contributed by atoms with Gasteiger partial charge in [0.15, 0.2) is 0 Å². The minimum Gasteiger partial charge on any atom is -0.396 e. The zero-order valence-electron chi connectivity index (χ0n) is 7.44. The van der Waals surface area contributed by atoms with Crippen molar-refractivity contribution in [2.75, 3.05) is 6.61 Å². The van der Waals surface area contributed by atoms with Gasteiger partial charge in [-0.1, -0.05) is 0 Å². The summed E-state index contributed by atoms with van der Waals surface area (Å²) in [5, 5.41) is 27.7. The van der Waals surface area contributed by atoms with Crippen molar-refractivity contribution < 1.29 is 28.3 Å². The lowest BCUT2D eigenvalue weighted by Gasteiger charge is -2.35. The van der Waals surface area contributed by atoms with Crippen molar-refractivity contribution in [3.63, 3.8) is 0 Å². The number of rotatable bonds is 3. The largest absolute Gasteiger partial charge is 0.396 e. The van der Waals surface area contributed by atoms with E-state index in [1.54, 1.807) is 0 Å². The second-order valence-corrected chi connectivity index (χ2v) is 3.96. The summed E-state index contributed by atoms with van der Waals surface area (Å²) in [6, 6.07) is 0. The Morgan fingerprint density at radius 3 is 2.50 bits per heavy atom. The Kier molecular flexibility index (Phi) is 4.42. The van der Waals surface area contributed by atoms with E-state index < -0.39 is 35.6 Å². The molecule has 0 aromatic heterocycles. The molecule has 0 spiro atoms. The third kappa shape index (κ3) is 2.72. The van der Waals surface area contributed by atoms with E-state index >= 15 is 0 Å². The smallest absolute Gasteiger partial charge is 0.302 e. The molecule has 0 aromatic carbocycles. The van der Waals surface area contributed by atoms with Gasteiger partial charge in [0.05, 0.1) is 24.9 Å². The summed E-state index contributed by atoms with van der Waals surface area (Å²) >= 11 is -2.42. The van der Waals surface area contributed by atoms with Crippen molar-refractivity contribution in [3.05, 3.63) is 0 Å². The van der Waals surface area contributed by atoms with Crippen LogP contribution in [0, 0.1) is 5.92 Å². The van der Waals surface area contributed by atoms with E-state index in [2.05, 4.69) is 4.18 Å². The van der Waals surface area contributed by atoms with Gasteiger partial charge in [-0.05, 0) is 12.8 Å². The van der Waals surface area contributed by atoms with Gasteiger partial charge in [0.25, 0.3) is 0 Å². The molecular formula is C7H14O6S. The van der Waals surface area contributed by atoms with E-state index in [4.69, 9.17) is 9.66 Å². The fraction of sp³-hybridized carbons (Fsp3) is 1.00. The lowest BCUT2D eigenvalue weighted by atomic mass is 9.83. The highest BCUT2D eigenvalue weighted by atomic mass is 32.2. The van der Waals surface area contributed by atoms with Crippen molar-refractivity contribution >= 4 is 11.4 Å². The summed E-state index contributed by atoms with van der Waals surface area (Å²) in [6.07, 6.45) is -2.07. The first-order chi connectivity index (χ1) is 6.56. The topological polar surface area (TPSA) is 107 Å². The molecule has 5 unspecified atom stereocenters. The van der Waals surface area contributed by atoms with Gasteiger partial charge in [0.2, 0.25) is 0 Å². The number of hydrogen-bond donors (Lipinski definition) is 4. The first-order valence-corrected chi connectivity index (χ1v) is 5.34. The van der Waals surface area contributed by atoms with Gasteiger partial charge in [0, 0.05) is 5.92 Å². The Balaban J connectivity index is 2.62. The van der Waals surface area contributed by atoms with E-state index in [1.165, 1.54) is 0 Å². The van der Waals surface area contributed by atoms with Crippen LogP contribution in [0.1, 0.15) is 12.8 Å². The minimum atomic E-state index is -2.42. The molecule has 0 radical (unpaired) electrons. The van der Waals surface area contributed by atoms with Gasteiger partial charge in [0.1, 0.15) is 0 Å². The quantitative estimate of drug-likeness (QED) is 0.442. The maximum Gasteiger partial charge on any atom is 0.302 e. The lowest BCUT2D eigenvalue weighted by molar-refractivity contribution is -0.1000. The fourth-order valence-corrected chi connectivity index (χ4v) is 2.13. The predicted octanol–water partition coefficient (Wildman–Crippen LogP) is -1.37. The first kappa shape index (κ1) is 12.0. The van der Waals surface area contributed by atoms with E-state index in [-0.39, 0.29) is 6.61 Å². The second kappa shape index (κ2) is 5.15. The summed E-state index contributed by atoms with van der Waals surface area (Å²) in [5.41, 5.74) is 0. The van der Waals surface area contributed by atoms with Crippen molar-refractivity contribution in [2.45, 2.75) is 31.2 Å². The van der Waals surface area contributed by atoms with Gasteiger partial charge in [-0.25, -0.2) is 0 Å². The third-order valence-corrected chi connectivity index (χ3v) is 2.89. The number of aliphatic hydroxyl groups excluding tert-OH is 3. The van der Waals surface area contributed by atoms with E-state index in [9.17, 15) is 14.4 Å². The van der Waals surface area contributed by atoms with Crippen LogP contribution in [-0.2, 0) is 15.5 Å². The fourth-order valence-electron chi connectivity index (χ4n) is 1.68. The Bertz CT molecular complexity index is 210. The average molecular weight is 226 g/mol. The monoisotopic (exact) mass is 226 g/mol. The molecule has 1 saturated carbocycles. The van der Waals surface area contributed by atoms with E-state index in [0.717, 1.165) is 0 Å². The molecule has 5 atom stereocenters. The Hall–Kier alpha value is -0.0500. The van der Waals surface area contributed by atoms with Gasteiger partial charge in [-0.15, -0.1) is 0 Å². The predicted molar refractivity (Wildman–Crippen MR) is 47.5 cm³/mol. The van der Waals surface area contributed by atoms with Crippen LogP contribution in [0.15, 0.2) is 0 Å². The van der Waals surface area contributed by atoms with Crippen LogP contribution in [0.25, 0.3) is 0 Å². The molecule has 14 heavy (non-hydrogen) atoms. The van der Waals surface area contributed by atoms with Crippen LogP contribution in [0.4, 0.5) is 0 Å². The zero-order valence-corrected chi connectivity index (χ0v) is 8.26. The van der Waals surface area contributed by atoms with Crippen molar-refractivity contribution in [1.29, 1.82) is 0 Å². The van der Waals surface area contributed by atoms with Gasteiger partial charge in [-0.3, -0.25) is 8.74 Å². The highest BCUT2D eigenvalue weighted by Gasteiger charge is 2.38. The number of aliphatic hydroxyl groups is 3. The maximum atomic E-state index is 10.4. The molecule has 6 nitrogen and oxygen atoms in total. The first-order valence-electron chi connectivity index (χ1n) is 4.31.